The predicted octanol–water partition coefficient (Wildman–Crippen LogP) is 3.63. The Hall–Kier alpha value is -3.25. The largest absolute Gasteiger partial charge is 0.483 e. The van der Waals surface area contributed by atoms with E-state index in [-0.39, 0.29) is 29.2 Å². The molecule has 0 saturated carbocycles. The van der Waals surface area contributed by atoms with Crippen LogP contribution in [0.25, 0.3) is 0 Å². The highest BCUT2D eigenvalue weighted by Crippen LogP contribution is 2.32. The van der Waals surface area contributed by atoms with Crippen molar-refractivity contribution in [3.8, 4) is 11.8 Å². The van der Waals surface area contributed by atoms with Gasteiger partial charge in [0.2, 0.25) is 0 Å². The van der Waals surface area contributed by atoms with Crippen molar-refractivity contribution < 1.29 is 18.5 Å². The molecule has 0 radical (unpaired) electrons. The number of allylic oxidation sites excluding steroid dienone is 1. The monoisotopic (exact) mass is 523 g/mol. The van der Waals surface area contributed by atoms with Crippen molar-refractivity contribution in [3.63, 3.8) is 0 Å². The van der Waals surface area contributed by atoms with Gasteiger partial charge in [-0.15, -0.1) is 0 Å². The van der Waals surface area contributed by atoms with Gasteiger partial charge >= 0.3 is 0 Å². The van der Waals surface area contributed by atoms with Gasteiger partial charge in [0.15, 0.2) is 12.4 Å². The molecule has 1 heterocycles. The van der Waals surface area contributed by atoms with Gasteiger partial charge in [0.1, 0.15) is 5.75 Å². The summed E-state index contributed by atoms with van der Waals surface area (Å²) in [5.74, 6) is 0.767. The Morgan fingerprint density at radius 3 is 2.61 bits per heavy atom. The molecule has 1 aliphatic carbocycles. The van der Waals surface area contributed by atoms with Crippen LogP contribution < -0.4 is 10.1 Å². The molecule has 1 fully saturated rings. The van der Waals surface area contributed by atoms with E-state index in [0.29, 0.717) is 52.9 Å². The minimum atomic E-state index is -0.787. The van der Waals surface area contributed by atoms with E-state index in [9.17, 15) is 19.1 Å². The van der Waals surface area contributed by atoms with E-state index in [1.807, 2.05) is 19.1 Å². The van der Waals surface area contributed by atoms with Gasteiger partial charge in [0.05, 0.1) is 22.9 Å². The first-order chi connectivity index (χ1) is 17.3. The molecule has 1 atom stereocenters. The Kier molecular flexibility index (Phi) is 8.04. The van der Waals surface area contributed by atoms with Crippen LogP contribution in [0, 0.1) is 11.3 Å². The van der Waals surface area contributed by atoms with Gasteiger partial charge in [0, 0.05) is 57.9 Å². The lowest BCUT2D eigenvalue weighted by Crippen LogP contribution is -2.52. The molecule has 0 aromatic heterocycles. The lowest BCUT2D eigenvalue weighted by molar-refractivity contribution is -0.122. The van der Waals surface area contributed by atoms with Crippen LogP contribution in [0.3, 0.4) is 0 Å². The fourth-order valence-corrected chi connectivity index (χ4v) is 5.56. The number of hydrogen-bond donors (Lipinski definition) is 1. The number of nitriles is 1. The zero-order valence-corrected chi connectivity index (χ0v) is 21.4. The van der Waals surface area contributed by atoms with Crippen molar-refractivity contribution in [2.75, 3.05) is 31.2 Å². The van der Waals surface area contributed by atoms with Crippen molar-refractivity contribution in [2.45, 2.75) is 18.9 Å². The van der Waals surface area contributed by atoms with E-state index in [1.54, 1.807) is 42.5 Å². The number of amides is 1. The molecule has 1 N–H and O–H groups in total. The summed E-state index contributed by atoms with van der Waals surface area (Å²) in [6, 6.07) is 15.6. The van der Waals surface area contributed by atoms with E-state index < -0.39 is 16.7 Å². The number of nitrogens with one attached hydrogen (secondary N) is 1. The van der Waals surface area contributed by atoms with Crippen LogP contribution >= 0.6 is 11.6 Å². The summed E-state index contributed by atoms with van der Waals surface area (Å²) in [7, 11) is -0.787. The van der Waals surface area contributed by atoms with Gasteiger partial charge in [-0.2, -0.15) is 5.26 Å². The summed E-state index contributed by atoms with van der Waals surface area (Å²) in [6.45, 7) is 3.10. The number of ether oxygens (including phenoxy) is 1. The standard InChI is InChI=1S/C27H26ClN3O4S/c1-27(31-11-13-36(34)14-12-31)10-9-23(20(16-27)17-29)30-25(32)18-35-24-8-7-21(28)15-22(24)26(33)19-5-3-2-4-6-19/h2-10,15H,11-14,16,18H2,1H3,(H,30,32). The first-order valence-corrected chi connectivity index (χ1v) is 13.4. The third-order valence-corrected chi connectivity index (χ3v) is 7.87. The highest BCUT2D eigenvalue weighted by atomic mass is 35.5. The third kappa shape index (κ3) is 5.93. The molecule has 1 amide bonds. The van der Waals surface area contributed by atoms with Crippen LogP contribution in [-0.2, 0) is 15.6 Å². The SMILES string of the molecule is CC1(N2CCS(=O)CC2)C=CC(NC(=O)COc2ccc(Cl)cc2C(=O)c2ccccc2)=C(C#N)C1. The molecule has 7 nitrogen and oxygen atoms in total. The van der Waals surface area contributed by atoms with E-state index in [2.05, 4.69) is 16.3 Å². The molecule has 2 aromatic carbocycles. The molecule has 1 unspecified atom stereocenters. The van der Waals surface area contributed by atoms with Crippen molar-refractivity contribution in [3.05, 3.63) is 88.1 Å². The average molecular weight is 524 g/mol. The molecule has 2 aromatic rings. The summed E-state index contributed by atoms with van der Waals surface area (Å²) in [6.07, 6.45) is 4.17. The summed E-state index contributed by atoms with van der Waals surface area (Å²) < 4.78 is 17.4. The number of carbonyl (C=O) groups excluding carboxylic acids is 2. The first kappa shape index (κ1) is 25.8. The maximum absolute atomic E-state index is 13.0. The van der Waals surface area contributed by atoms with Crippen molar-refractivity contribution >= 4 is 34.1 Å². The molecule has 2 aliphatic rings. The van der Waals surface area contributed by atoms with Gasteiger partial charge in [0.25, 0.3) is 5.91 Å². The molecule has 1 aliphatic heterocycles. The fourth-order valence-electron chi connectivity index (χ4n) is 4.34. The molecule has 0 spiro atoms. The Bertz CT molecular complexity index is 1290. The number of carbonyl (C=O) groups is 2. The molecule has 36 heavy (non-hydrogen) atoms. The summed E-state index contributed by atoms with van der Waals surface area (Å²) >= 11 is 6.11. The van der Waals surface area contributed by atoms with Crippen molar-refractivity contribution in [1.82, 2.24) is 10.2 Å². The second-order valence-electron chi connectivity index (χ2n) is 8.88. The number of rotatable bonds is 7. The Balaban J connectivity index is 1.42. The molecule has 9 heteroatoms. The maximum atomic E-state index is 13.0. The minimum absolute atomic E-state index is 0.243. The zero-order chi connectivity index (χ0) is 25.7. The Morgan fingerprint density at radius 2 is 1.92 bits per heavy atom. The van der Waals surface area contributed by atoms with E-state index in [1.165, 1.54) is 6.07 Å². The van der Waals surface area contributed by atoms with E-state index in [4.69, 9.17) is 16.3 Å². The average Bonchev–Trinajstić information content (AvgIpc) is 2.89. The lowest BCUT2D eigenvalue weighted by Gasteiger charge is -2.42. The van der Waals surface area contributed by atoms with Crippen LogP contribution in [0.4, 0.5) is 0 Å². The molecular formula is C27H26ClN3O4S. The second-order valence-corrected chi connectivity index (χ2v) is 11.0. The van der Waals surface area contributed by atoms with Gasteiger partial charge in [-0.25, -0.2) is 0 Å². The summed E-state index contributed by atoms with van der Waals surface area (Å²) in [4.78, 5) is 27.9. The number of nitrogens with zero attached hydrogens (tertiary/aromatic N) is 2. The van der Waals surface area contributed by atoms with Gasteiger partial charge < -0.3 is 10.1 Å². The van der Waals surface area contributed by atoms with Crippen LogP contribution in [0.1, 0.15) is 29.3 Å². The lowest BCUT2D eigenvalue weighted by atomic mass is 9.85. The smallest absolute Gasteiger partial charge is 0.262 e. The maximum Gasteiger partial charge on any atom is 0.262 e. The summed E-state index contributed by atoms with van der Waals surface area (Å²) in [5, 5.41) is 12.9. The third-order valence-electron chi connectivity index (χ3n) is 6.36. The van der Waals surface area contributed by atoms with E-state index in [0.717, 1.165) is 0 Å². The molecule has 0 bridgehead atoms. The number of halogens is 1. The fraction of sp³-hybridized carbons (Fsp3) is 0.296. The molecule has 4 rings (SSSR count). The van der Waals surface area contributed by atoms with Crippen LogP contribution in [0.2, 0.25) is 5.02 Å². The van der Waals surface area contributed by atoms with Gasteiger partial charge in [-0.05, 0) is 31.2 Å². The van der Waals surface area contributed by atoms with Crippen LogP contribution in [0.15, 0.2) is 72.0 Å². The van der Waals surface area contributed by atoms with Crippen molar-refractivity contribution in [2.24, 2.45) is 0 Å². The molecule has 186 valence electrons. The van der Waals surface area contributed by atoms with E-state index >= 15 is 0 Å². The van der Waals surface area contributed by atoms with Gasteiger partial charge in [-0.1, -0.05) is 48.0 Å². The second kappa shape index (κ2) is 11.2. The highest BCUT2D eigenvalue weighted by molar-refractivity contribution is 7.85. The predicted molar refractivity (Wildman–Crippen MR) is 139 cm³/mol. The number of ketones is 1. The zero-order valence-electron chi connectivity index (χ0n) is 19.8. The number of hydrogen-bond acceptors (Lipinski definition) is 6. The van der Waals surface area contributed by atoms with Crippen molar-refractivity contribution in [1.29, 1.82) is 5.26 Å². The van der Waals surface area contributed by atoms with Crippen LogP contribution in [-0.4, -0.2) is 57.5 Å². The Labute approximate surface area is 217 Å². The molecular weight excluding hydrogens is 498 g/mol. The number of benzene rings is 2. The summed E-state index contributed by atoms with van der Waals surface area (Å²) in [5.41, 5.74) is 1.26. The highest BCUT2D eigenvalue weighted by Gasteiger charge is 2.35. The topological polar surface area (TPSA) is 99.5 Å². The minimum Gasteiger partial charge on any atom is -0.483 e. The van der Waals surface area contributed by atoms with Crippen LogP contribution in [0.5, 0.6) is 5.75 Å². The quantitative estimate of drug-likeness (QED) is 0.556. The Morgan fingerprint density at radius 1 is 1.19 bits per heavy atom. The molecule has 1 saturated heterocycles. The van der Waals surface area contributed by atoms with Gasteiger partial charge in [-0.3, -0.25) is 18.7 Å². The normalized spacial score (nSPS) is 20.6. The first-order valence-electron chi connectivity index (χ1n) is 11.5.